The van der Waals surface area contributed by atoms with Gasteiger partial charge in [-0.2, -0.15) is 0 Å². The lowest BCUT2D eigenvalue weighted by molar-refractivity contribution is 0.0684. The highest BCUT2D eigenvalue weighted by Gasteiger charge is 2.04. The van der Waals surface area contributed by atoms with Crippen LogP contribution in [0, 0.1) is 13.1 Å². The van der Waals surface area contributed by atoms with Gasteiger partial charge in [-0.25, -0.2) is 9.78 Å². The van der Waals surface area contributed by atoms with E-state index >= 15 is 0 Å². The van der Waals surface area contributed by atoms with Gasteiger partial charge in [0.2, 0.25) is 5.82 Å². The third kappa shape index (κ3) is 1.07. The first-order chi connectivity index (χ1) is 4.20. The number of hydrogen-bond acceptors (Lipinski definition) is 2. The molecule has 0 atom stereocenters. The molecule has 0 bridgehead atoms. The van der Waals surface area contributed by atoms with E-state index in [9.17, 15) is 4.79 Å². The highest BCUT2D eigenvalue weighted by atomic mass is 16.4. The molecule has 0 aliphatic rings. The number of nitrogens with one attached hydrogen (secondary N) is 1. The molecule has 1 aromatic heterocycles. The number of aromatic carboxylic acids is 1. The molecule has 0 saturated heterocycles. The van der Waals surface area contributed by atoms with Crippen LogP contribution in [0.15, 0.2) is 0 Å². The lowest BCUT2D eigenvalue weighted by atomic mass is 10.6. The number of aromatic amines is 1. The Morgan fingerprint density at radius 2 is 2.56 bits per heavy atom. The zero-order chi connectivity index (χ0) is 6.85. The number of rotatable bonds is 1. The first-order valence-electron chi connectivity index (χ1n) is 2.37. The van der Waals surface area contributed by atoms with Crippen LogP contribution in [0.25, 0.3) is 0 Å². The Labute approximate surface area is 51.5 Å². The molecule has 0 amide bonds. The molecular weight excluding hydrogens is 120 g/mol. The van der Waals surface area contributed by atoms with E-state index in [-0.39, 0.29) is 5.82 Å². The van der Waals surface area contributed by atoms with Gasteiger partial charge in [0, 0.05) is 5.69 Å². The molecule has 9 heavy (non-hydrogen) atoms. The quantitative estimate of drug-likeness (QED) is 0.564. The summed E-state index contributed by atoms with van der Waals surface area (Å²) >= 11 is 0. The third-order valence-corrected chi connectivity index (χ3v) is 0.844. The minimum atomic E-state index is -1.06. The molecule has 47 valence electrons. The molecular formula is C5H5N2O2. The predicted molar refractivity (Wildman–Crippen MR) is 29.1 cm³/mol. The van der Waals surface area contributed by atoms with Gasteiger partial charge < -0.3 is 10.1 Å². The molecule has 2 N–H and O–H groups in total. The van der Waals surface area contributed by atoms with E-state index in [4.69, 9.17) is 5.11 Å². The summed E-state index contributed by atoms with van der Waals surface area (Å²) in [7, 11) is 0. The van der Waals surface area contributed by atoms with Crippen molar-refractivity contribution in [3.63, 3.8) is 0 Å². The highest BCUT2D eigenvalue weighted by molar-refractivity contribution is 5.83. The van der Waals surface area contributed by atoms with Crippen molar-refractivity contribution < 1.29 is 9.90 Å². The van der Waals surface area contributed by atoms with Crippen molar-refractivity contribution in [1.29, 1.82) is 0 Å². The van der Waals surface area contributed by atoms with Gasteiger partial charge in [-0.15, -0.1) is 0 Å². The summed E-state index contributed by atoms with van der Waals surface area (Å²) in [6.45, 7) is 1.69. The maximum Gasteiger partial charge on any atom is 0.371 e. The molecule has 0 unspecified atom stereocenters. The smallest absolute Gasteiger partial charge is 0.371 e. The summed E-state index contributed by atoms with van der Waals surface area (Å²) in [5.74, 6) is -1.12. The zero-order valence-corrected chi connectivity index (χ0v) is 4.80. The summed E-state index contributed by atoms with van der Waals surface area (Å²) in [5, 5.41) is 8.28. The van der Waals surface area contributed by atoms with Crippen LogP contribution >= 0.6 is 0 Å². The van der Waals surface area contributed by atoms with Crippen molar-refractivity contribution in [3.8, 4) is 0 Å². The average Bonchev–Trinajstić information content (AvgIpc) is 2.14. The van der Waals surface area contributed by atoms with E-state index in [1.54, 1.807) is 6.92 Å². The SMILES string of the molecule is Cc1[c]nc(C(=O)O)[nH]1. The molecule has 0 aliphatic carbocycles. The van der Waals surface area contributed by atoms with E-state index < -0.39 is 5.97 Å². The molecule has 1 aromatic rings. The maximum absolute atomic E-state index is 10.1. The predicted octanol–water partition coefficient (Wildman–Crippen LogP) is 0.217. The summed E-state index contributed by atoms with van der Waals surface area (Å²) in [4.78, 5) is 16.0. The summed E-state index contributed by atoms with van der Waals surface area (Å²) < 4.78 is 0. The fourth-order valence-electron chi connectivity index (χ4n) is 0.475. The van der Waals surface area contributed by atoms with Crippen molar-refractivity contribution >= 4 is 5.97 Å². The summed E-state index contributed by atoms with van der Waals surface area (Å²) in [6.07, 6.45) is 2.46. The van der Waals surface area contributed by atoms with Crippen LogP contribution in [-0.2, 0) is 0 Å². The van der Waals surface area contributed by atoms with Gasteiger partial charge in [-0.3, -0.25) is 0 Å². The lowest BCUT2D eigenvalue weighted by Crippen LogP contribution is -1.97. The molecule has 0 spiro atoms. The topological polar surface area (TPSA) is 66.0 Å². The number of H-pyrrole nitrogens is 1. The minimum Gasteiger partial charge on any atom is -0.475 e. The number of aromatic nitrogens is 2. The van der Waals surface area contributed by atoms with Crippen molar-refractivity contribution in [2.75, 3.05) is 0 Å². The van der Waals surface area contributed by atoms with Gasteiger partial charge in [0.1, 0.15) is 6.20 Å². The number of carbonyl (C=O) groups is 1. The van der Waals surface area contributed by atoms with Gasteiger partial charge in [-0.1, -0.05) is 0 Å². The lowest BCUT2D eigenvalue weighted by Gasteiger charge is -1.81. The standard InChI is InChI=1S/C5H5N2O2/c1-3-2-6-4(7-3)5(8)9/h1H3,(H,6,7)(H,8,9). The molecule has 4 heteroatoms. The summed E-state index contributed by atoms with van der Waals surface area (Å²) in [6, 6.07) is 0. The highest BCUT2D eigenvalue weighted by Crippen LogP contribution is 1.91. The second-order valence-corrected chi connectivity index (χ2v) is 1.63. The number of carboxylic acids is 1. The Hall–Kier alpha value is -1.32. The van der Waals surface area contributed by atoms with Gasteiger partial charge in [-0.05, 0) is 6.92 Å². The number of nitrogens with zero attached hydrogens (tertiary/aromatic N) is 1. The second kappa shape index (κ2) is 1.89. The molecule has 0 aliphatic heterocycles. The van der Waals surface area contributed by atoms with Crippen LogP contribution in [-0.4, -0.2) is 21.0 Å². The largest absolute Gasteiger partial charge is 0.475 e. The van der Waals surface area contributed by atoms with Gasteiger partial charge in [0.05, 0.1) is 0 Å². The molecule has 1 heterocycles. The molecule has 4 nitrogen and oxygen atoms in total. The number of carboxylic acid groups (broad SMARTS) is 1. The van der Waals surface area contributed by atoms with Crippen molar-refractivity contribution in [2.45, 2.75) is 6.92 Å². The van der Waals surface area contributed by atoms with Crippen LogP contribution in [0.1, 0.15) is 16.3 Å². The first kappa shape index (κ1) is 5.81. The minimum absolute atomic E-state index is 0.0625. The van der Waals surface area contributed by atoms with Crippen molar-refractivity contribution in [3.05, 3.63) is 17.7 Å². The maximum atomic E-state index is 10.1. The van der Waals surface area contributed by atoms with Crippen LogP contribution in [0.2, 0.25) is 0 Å². The molecule has 1 rings (SSSR count). The van der Waals surface area contributed by atoms with Crippen LogP contribution in [0.3, 0.4) is 0 Å². The molecule has 0 aromatic carbocycles. The van der Waals surface area contributed by atoms with Crippen molar-refractivity contribution in [1.82, 2.24) is 9.97 Å². The first-order valence-corrected chi connectivity index (χ1v) is 2.37. The molecule has 0 fully saturated rings. The van der Waals surface area contributed by atoms with E-state index in [0.29, 0.717) is 5.69 Å². The fraction of sp³-hybridized carbons (Fsp3) is 0.200. The number of imidazole rings is 1. The zero-order valence-electron chi connectivity index (χ0n) is 4.80. The monoisotopic (exact) mass is 125 g/mol. The molecule has 0 saturated carbocycles. The van der Waals surface area contributed by atoms with E-state index in [2.05, 4.69) is 16.2 Å². The van der Waals surface area contributed by atoms with Gasteiger partial charge >= 0.3 is 5.97 Å². The Bertz CT molecular complexity index is 229. The third-order valence-electron chi connectivity index (χ3n) is 0.844. The fourth-order valence-corrected chi connectivity index (χ4v) is 0.475. The van der Waals surface area contributed by atoms with E-state index in [1.807, 2.05) is 0 Å². The van der Waals surface area contributed by atoms with E-state index in [1.165, 1.54) is 0 Å². The average molecular weight is 125 g/mol. The molecule has 1 radical (unpaired) electrons. The Morgan fingerprint density at radius 3 is 2.78 bits per heavy atom. The summed E-state index contributed by atoms with van der Waals surface area (Å²) in [5.41, 5.74) is 0.632. The Morgan fingerprint density at radius 1 is 1.89 bits per heavy atom. The van der Waals surface area contributed by atoms with Gasteiger partial charge in [0.15, 0.2) is 0 Å². The van der Waals surface area contributed by atoms with E-state index in [0.717, 1.165) is 0 Å². The second-order valence-electron chi connectivity index (χ2n) is 1.63. The van der Waals surface area contributed by atoms with Crippen LogP contribution in [0.5, 0.6) is 0 Å². The normalized spacial score (nSPS) is 9.44. The van der Waals surface area contributed by atoms with Crippen LogP contribution in [0.4, 0.5) is 0 Å². The van der Waals surface area contributed by atoms with Crippen LogP contribution < -0.4 is 0 Å². The Kier molecular flexibility index (Phi) is 1.22. The van der Waals surface area contributed by atoms with Gasteiger partial charge in [0.25, 0.3) is 0 Å². The Balaban J connectivity index is 2.98. The van der Waals surface area contributed by atoms with Crippen molar-refractivity contribution in [2.24, 2.45) is 0 Å². The number of aryl methyl sites for hydroxylation is 1. The number of hydrogen-bond donors (Lipinski definition) is 2.